The summed E-state index contributed by atoms with van der Waals surface area (Å²) in [6.45, 7) is 0. The van der Waals surface area contributed by atoms with Gasteiger partial charge >= 0.3 is 0 Å². The summed E-state index contributed by atoms with van der Waals surface area (Å²) >= 11 is 0. The van der Waals surface area contributed by atoms with E-state index in [1.807, 2.05) is 0 Å². The summed E-state index contributed by atoms with van der Waals surface area (Å²) in [6.07, 6.45) is 0.189. The number of nitro benzene ring substituents is 3. The molecule has 9 heteroatoms. The normalized spacial score (nSPS) is 11.6. The number of fused-ring (bicyclic) bond motifs is 3. The largest absolute Gasteiger partial charge is 0.284 e. The van der Waals surface area contributed by atoms with Crippen LogP contribution in [0.5, 0.6) is 0 Å². The number of non-ortho nitro benzene ring substituents is 2. The van der Waals surface area contributed by atoms with Crippen molar-refractivity contribution < 1.29 is 14.8 Å². The van der Waals surface area contributed by atoms with Crippen molar-refractivity contribution in [2.75, 3.05) is 0 Å². The van der Waals surface area contributed by atoms with E-state index in [9.17, 15) is 30.3 Å². The number of nitro groups is 3. The highest BCUT2D eigenvalue weighted by Gasteiger charge is 2.31. The number of benzene rings is 2. The summed E-state index contributed by atoms with van der Waals surface area (Å²) in [5.41, 5.74) is 0.917. The Morgan fingerprint density at radius 3 is 2.00 bits per heavy atom. The zero-order chi connectivity index (χ0) is 16.0. The molecule has 0 radical (unpaired) electrons. The van der Waals surface area contributed by atoms with Crippen LogP contribution in [0.25, 0.3) is 11.1 Å². The van der Waals surface area contributed by atoms with Gasteiger partial charge in [0.2, 0.25) is 0 Å². The van der Waals surface area contributed by atoms with Crippen molar-refractivity contribution in [2.45, 2.75) is 6.42 Å². The van der Waals surface area contributed by atoms with Gasteiger partial charge in [-0.1, -0.05) is 0 Å². The van der Waals surface area contributed by atoms with E-state index in [4.69, 9.17) is 0 Å². The van der Waals surface area contributed by atoms with Crippen LogP contribution in [0.3, 0.4) is 0 Å². The molecule has 3 rings (SSSR count). The molecule has 0 saturated heterocycles. The summed E-state index contributed by atoms with van der Waals surface area (Å²) in [6, 6.07) is 6.23. The number of rotatable bonds is 3. The van der Waals surface area contributed by atoms with Gasteiger partial charge in [0, 0.05) is 18.2 Å². The SMILES string of the molecule is O=[N+]([O-])c1ccc2c(c1)Cc1cc([N+](=O)[O-])cc([N+](=O)[O-])c1-2. The molecule has 0 aromatic heterocycles. The maximum absolute atomic E-state index is 11.2. The lowest BCUT2D eigenvalue weighted by molar-refractivity contribution is -0.393. The molecule has 0 N–H and O–H groups in total. The van der Waals surface area contributed by atoms with E-state index >= 15 is 0 Å². The van der Waals surface area contributed by atoms with Crippen molar-refractivity contribution in [3.63, 3.8) is 0 Å². The fourth-order valence-electron chi connectivity index (χ4n) is 2.66. The smallest absolute Gasteiger partial charge is 0.258 e. The second kappa shape index (κ2) is 4.58. The lowest BCUT2D eigenvalue weighted by atomic mass is 10.0. The second-order valence-electron chi connectivity index (χ2n) is 4.79. The topological polar surface area (TPSA) is 129 Å². The van der Waals surface area contributed by atoms with Gasteiger partial charge in [-0.3, -0.25) is 30.3 Å². The first-order valence-corrected chi connectivity index (χ1v) is 6.12. The number of nitrogens with zero attached hydrogens (tertiary/aromatic N) is 3. The molecule has 2 aromatic carbocycles. The third kappa shape index (κ3) is 1.95. The Morgan fingerprint density at radius 2 is 1.41 bits per heavy atom. The Hall–Kier alpha value is -3.36. The zero-order valence-corrected chi connectivity index (χ0v) is 10.9. The molecule has 0 bridgehead atoms. The van der Waals surface area contributed by atoms with Crippen LogP contribution in [0.4, 0.5) is 17.1 Å². The first kappa shape index (κ1) is 13.6. The predicted octanol–water partition coefficient (Wildman–Crippen LogP) is 2.98. The molecule has 0 heterocycles. The molecule has 0 unspecified atom stereocenters. The lowest BCUT2D eigenvalue weighted by Crippen LogP contribution is -1.96. The monoisotopic (exact) mass is 301 g/mol. The van der Waals surface area contributed by atoms with E-state index in [-0.39, 0.29) is 23.5 Å². The quantitative estimate of drug-likeness (QED) is 0.540. The van der Waals surface area contributed by atoms with Crippen LogP contribution >= 0.6 is 0 Å². The minimum atomic E-state index is -0.696. The molecular weight excluding hydrogens is 294 g/mol. The Kier molecular flexibility index (Phi) is 2.84. The van der Waals surface area contributed by atoms with E-state index in [1.54, 1.807) is 0 Å². The highest BCUT2D eigenvalue weighted by Crippen LogP contribution is 2.45. The van der Waals surface area contributed by atoms with E-state index < -0.39 is 14.8 Å². The van der Waals surface area contributed by atoms with Crippen molar-refractivity contribution in [1.82, 2.24) is 0 Å². The summed E-state index contributed by atoms with van der Waals surface area (Å²) in [7, 11) is 0. The number of hydrogen-bond donors (Lipinski definition) is 0. The first-order chi connectivity index (χ1) is 10.4. The molecule has 0 fully saturated rings. The molecule has 1 aliphatic rings. The molecule has 2 aromatic rings. The van der Waals surface area contributed by atoms with E-state index in [2.05, 4.69) is 0 Å². The molecule has 0 saturated carbocycles. The maximum Gasteiger partial charge on any atom is 0.284 e. The molecular formula is C13H7N3O6. The van der Waals surface area contributed by atoms with E-state index in [1.165, 1.54) is 24.3 Å². The fraction of sp³-hybridized carbons (Fsp3) is 0.0769. The van der Waals surface area contributed by atoms with Crippen molar-refractivity contribution in [3.8, 4) is 11.1 Å². The van der Waals surface area contributed by atoms with Crippen LogP contribution in [0.1, 0.15) is 11.1 Å². The van der Waals surface area contributed by atoms with Gasteiger partial charge in [0.25, 0.3) is 17.1 Å². The first-order valence-electron chi connectivity index (χ1n) is 6.12. The minimum absolute atomic E-state index is 0.122. The van der Waals surface area contributed by atoms with Crippen LogP contribution in [-0.2, 0) is 6.42 Å². The summed E-state index contributed by atoms with van der Waals surface area (Å²) in [5.74, 6) is 0. The predicted molar refractivity (Wildman–Crippen MR) is 74.6 cm³/mol. The average molecular weight is 301 g/mol. The molecule has 0 spiro atoms. The molecule has 1 aliphatic carbocycles. The molecule has 9 nitrogen and oxygen atoms in total. The highest BCUT2D eigenvalue weighted by atomic mass is 16.6. The standard InChI is InChI=1S/C13H7N3O6/c17-14(18)9-1-2-11-7(4-9)3-8-5-10(15(19)20)6-12(13(8)11)16(21)22/h1-2,4-6H,3H2. The molecule has 0 amide bonds. The lowest BCUT2D eigenvalue weighted by Gasteiger charge is -2.03. The Morgan fingerprint density at radius 1 is 0.773 bits per heavy atom. The summed E-state index contributed by atoms with van der Waals surface area (Å²) < 4.78 is 0. The van der Waals surface area contributed by atoms with E-state index in [0.717, 1.165) is 6.07 Å². The molecule has 22 heavy (non-hydrogen) atoms. The van der Waals surface area contributed by atoms with Gasteiger partial charge in [-0.25, -0.2) is 0 Å². The van der Waals surface area contributed by atoms with Gasteiger partial charge in [-0.05, 0) is 29.2 Å². The minimum Gasteiger partial charge on any atom is -0.258 e. The van der Waals surface area contributed by atoms with Gasteiger partial charge in [-0.2, -0.15) is 0 Å². The van der Waals surface area contributed by atoms with Crippen molar-refractivity contribution in [2.24, 2.45) is 0 Å². The van der Waals surface area contributed by atoms with Gasteiger partial charge < -0.3 is 0 Å². The van der Waals surface area contributed by atoms with Crippen molar-refractivity contribution in [3.05, 3.63) is 71.8 Å². The third-order valence-electron chi connectivity index (χ3n) is 3.54. The molecule has 110 valence electrons. The zero-order valence-electron chi connectivity index (χ0n) is 10.9. The van der Waals surface area contributed by atoms with Crippen LogP contribution in [-0.4, -0.2) is 14.8 Å². The Bertz CT molecular complexity index is 861. The second-order valence-corrected chi connectivity index (χ2v) is 4.79. The van der Waals surface area contributed by atoms with Crippen molar-refractivity contribution in [1.29, 1.82) is 0 Å². The highest BCUT2D eigenvalue weighted by molar-refractivity contribution is 5.86. The number of hydrogen-bond acceptors (Lipinski definition) is 6. The Balaban J connectivity index is 2.25. The van der Waals surface area contributed by atoms with Gasteiger partial charge in [0.1, 0.15) is 0 Å². The van der Waals surface area contributed by atoms with Gasteiger partial charge in [-0.15, -0.1) is 0 Å². The van der Waals surface area contributed by atoms with Crippen LogP contribution in [0.2, 0.25) is 0 Å². The molecule has 0 aliphatic heterocycles. The average Bonchev–Trinajstić information content (AvgIpc) is 2.82. The van der Waals surface area contributed by atoms with Crippen LogP contribution < -0.4 is 0 Å². The maximum atomic E-state index is 11.2. The van der Waals surface area contributed by atoms with Gasteiger partial charge in [0.05, 0.1) is 26.4 Å². The van der Waals surface area contributed by atoms with Crippen molar-refractivity contribution >= 4 is 17.1 Å². The summed E-state index contributed by atoms with van der Waals surface area (Å²) in [4.78, 5) is 31.0. The summed E-state index contributed by atoms with van der Waals surface area (Å²) in [5, 5.41) is 32.9. The van der Waals surface area contributed by atoms with Crippen LogP contribution in [0, 0.1) is 30.3 Å². The Labute approximate surface area is 122 Å². The van der Waals surface area contributed by atoms with Gasteiger partial charge in [0.15, 0.2) is 0 Å². The fourth-order valence-corrected chi connectivity index (χ4v) is 2.66. The third-order valence-corrected chi connectivity index (χ3v) is 3.54. The van der Waals surface area contributed by atoms with E-state index in [0.29, 0.717) is 22.3 Å². The molecule has 0 atom stereocenters. The van der Waals surface area contributed by atoms with Crippen LogP contribution in [0.15, 0.2) is 30.3 Å².